The molecule has 0 bridgehead atoms. The highest BCUT2D eigenvalue weighted by Crippen LogP contribution is 2.33. The molecule has 1 aromatic carbocycles. The molecule has 1 aliphatic heterocycles. The Morgan fingerprint density at radius 1 is 1.44 bits per heavy atom. The van der Waals surface area contributed by atoms with Crippen molar-refractivity contribution in [3.05, 3.63) is 38.6 Å². The number of methoxy groups -OCH3 is 1. The fraction of sp³-hybridized carbons (Fsp3) is 0.333. The summed E-state index contributed by atoms with van der Waals surface area (Å²) >= 11 is 1.71. The monoisotopic (exact) mass is 470 g/mol. The number of ether oxygens (including phenoxy) is 1. The first-order valence-corrected chi connectivity index (χ1v) is 8.12. The highest BCUT2D eigenvalue weighted by molar-refractivity contribution is 14.1. The van der Waals surface area contributed by atoms with E-state index in [0.29, 0.717) is 0 Å². The van der Waals surface area contributed by atoms with E-state index in [4.69, 9.17) is 5.11 Å². The van der Waals surface area contributed by atoms with Crippen LogP contribution in [0.3, 0.4) is 0 Å². The number of aliphatic hydroxyl groups is 1. The van der Waals surface area contributed by atoms with E-state index in [1.165, 1.54) is 11.0 Å². The number of rotatable bonds is 5. The quantitative estimate of drug-likeness (QED) is 0.509. The van der Waals surface area contributed by atoms with Gasteiger partial charge in [-0.1, -0.05) is 0 Å². The number of β-amino-alcohol motifs (C(OH)–C–C–N with tert-alkyl or cyclic N) is 1. The van der Waals surface area contributed by atoms with Gasteiger partial charge >= 0.3 is 12.1 Å². The summed E-state index contributed by atoms with van der Waals surface area (Å²) in [5, 5.41) is 11.7. The standard InChI is InChI=1S/C15H14F3IN2O4/c1-25-14(24)9-7-21(4-5-22)13(23)12(9)20-11-3-2-8(6-10(11)19)15(16,17)18/h2-3,6,20,22H,4-5,7H2,1H3. The zero-order valence-corrected chi connectivity index (χ0v) is 15.1. The molecule has 0 fully saturated rings. The molecule has 2 N–H and O–H groups in total. The van der Waals surface area contributed by atoms with Crippen LogP contribution in [0.25, 0.3) is 0 Å². The third kappa shape index (κ3) is 4.24. The van der Waals surface area contributed by atoms with Crippen molar-refractivity contribution in [3.63, 3.8) is 0 Å². The lowest BCUT2D eigenvalue weighted by atomic mass is 10.2. The number of esters is 1. The number of aliphatic hydroxyl groups excluding tert-OH is 1. The van der Waals surface area contributed by atoms with Crippen molar-refractivity contribution in [3.8, 4) is 0 Å². The van der Waals surface area contributed by atoms with Gasteiger partial charge in [-0.25, -0.2) is 4.79 Å². The van der Waals surface area contributed by atoms with Crippen LogP contribution in [0.1, 0.15) is 5.56 Å². The Balaban J connectivity index is 2.35. The summed E-state index contributed by atoms with van der Waals surface area (Å²) in [6, 6.07) is 3.01. The summed E-state index contributed by atoms with van der Waals surface area (Å²) in [5.41, 5.74) is -0.580. The maximum atomic E-state index is 12.7. The number of hydrogen-bond donors (Lipinski definition) is 2. The van der Waals surface area contributed by atoms with E-state index in [0.717, 1.165) is 19.2 Å². The molecule has 25 heavy (non-hydrogen) atoms. The van der Waals surface area contributed by atoms with Gasteiger partial charge in [0, 0.05) is 10.1 Å². The molecule has 10 heteroatoms. The van der Waals surface area contributed by atoms with Crippen LogP contribution in [-0.2, 0) is 20.5 Å². The minimum atomic E-state index is -4.48. The van der Waals surface area contributed by atoms with Crippen LogP contribution >= 0.6 is 22.6 Å². The second kappa shape index (κ2) is 7.60. The summed E-state index contributed by atoms with van der Waals surface area (Å²) in [6.07, 6.45) is -4.48. The fourth-order valence-electron chi connectivity index (χ4n) is 2.28. The van der Waals surface area contributed by atoms with Gasteiger partial charge in [0.1, 0.15) is 5.70 Å². The molecule has 0 saturated heterocycles. The first-order valence-electron chi connectivity index (χ1n) is 7.04. The number of amides is 1. The molecule has 1 aliphatic rings. The van der Waals surface area contributed by atoms with E-state index < -0.39 is 23.6 Å². The van der Waals surface area contributed by atoms with Crippen molar-refractivity contribution in [2.75, 3.05) is 32.1 Å². The second-order valence-corrected chi connectivity index (χ2v) is 6.28. The number of anilines is 1. The van der Waals surface area contributed by atoms with Crippen LogP contribution in [-0.4, -0.2) is 48.7 Å². The molecule has 1 heterocycles. The molecular formula is C15H14F3IN2O4. The van der Waals surface area contributed by atoms with Crippen LogP contribution < -0.4 is 5.32 Å². The summed E-state index contributed by atoms with van der Waals surface area (Å²) in [5.74, 6) is -1.26. The first-order chi connectivity index (χ1) is 11.7. The number of benzene rings is 1. The van der Waals surface area contributed by atoms with Gasteiger partial charge < -0.3 is 20.1 Å². The topological polar surface area (TPSA) is 78.9 Å². The Hall–Kier alpha value is -1.82. The summed E-state index contributed by atoms with van der Waals surface area (Å²) in [6.45, 7) is -0.314. The third-order valence-corrected chi connectivity index (χ3v) is 4.40. The van der Waals surface area contributed by atoms with Gasteiger partial charge in [-0.15, -0.1) is 0 Å². The predicted molar refractivity (Wildman–Crippen MR) is 90.5 cm³/mol. The Morgan fingerprint density at radius 2 is 2.12 bits per heavy atom. The maximum Gasteiger partial charge on any atom is 0.416 e. The molecule has 2 rings (SSSR count). The van der Waals surface area contributed by atoms with Crippen molar-refractivity contribution in [2.45, 2.75) is 6.18 Å². The van der Waals surface area contributed by atoms with E-state index in [1.54, 1.807) is 22.6 Å². The average molecular weight is 470 g/mol. The molecule has 0 saturated carbocycles. The van der Waals surface area contributed by atoms with Crippen molar-refractivity contribution >= 4 is 40.2 Å². The Morgan fingerprint density at radius 3 is 2.64 bits per heavy atom. The van der Waals surface area contributed by atoms with E-state index in [1.807, 2.05) is 0 Å². The smallest absolute Gasteiger partial charge is 0.416 e. The Bertz CT molecular complexity index is 734. The van der Waals surface area contributed by atoms with Crippen LogP contribution in [0.15, 0.2) is 29.5 Å². The largest absolute Gasteiger partial charge is 0.466 e. The molecule has 136 valence electrons. The van der Waals surface area contributed by atoms with E-state index in [9.17, 15) is 22.8 Å². The molecule has 0 aliphatic carbocycles. The van der Waals surface area contributed by atoms with Crippen molar-refractivity contribution in [2.24, 2.45) is 0 Å². The number of nitrogens with zero attached hydrogens (tertiary/aromatic N) is 1. The van der Waals surface area contributed by atoms with Crippen LogP contribution in [0, 0.1) is 3.57 Å². The van der Waals surface area contributed by atoms with Gasteiger partial charge in [0.25, 0.3) is 5.91 Å². The molecule has 0 aromatic heterocycles. The Kier molecular flexibility index (Phi) is 5.93. The molecule has 6 nitrogen and oxygen atoms in total. The molecule has 0 atom stereocenters. The van der Waals surface area contributed by atoms with Crippen molar-refractivity contribution < 1.29 is 32.6 Å². The molecule has 0 radical (unpaired) electrons. The zero-order valence-electron chi connectivity index (χ0n) is 13.0. The highest BCUT2D eigenvalue weighted by Gasteiger charge is 2.35. The van der Waals surface area contributed by atoms with E-state index >= 15 is 0 Å². The number of halogens is 4. The number of nitrogens with one attached hydrogen (secondary N) is 1. The lowest BCUT2D eigenvalue weighted by Gasteiger charge is -2.16. The van der Waals surface area contributed by atoms with Gasteiger partial charge in [-0.2, -0.15) is 13.2 Å². The minimum absolute atomic E-state index is 0.0224. The van der Waals surface area contributed by atoms with Gasteiger partial charge in [0.2, 0.25) is 0 Å². The number of carbonyl (C=O) groups excluding carboxylic acids is 2. The maximum absolute atomic E-state index is 12.7. The SMILES string of the molecule is COC(=O)C1=C(Nc2ccc(C(F)(F)F)cc2I)C(=O)N(CCO)C1. The average Bonchev–Trinajstić information content (AvgIpc) is 2.85. The summed E-state index contributed by atoms with van der Waals surface area (Å²) in [7, 11) is 1.16. The minimum Gasteiger partial charge on any atom is -0.466 e. The van der Waals surface area contributed by atoms with E-state index in [2.05, 4.69) is 10.1 Å². The van der Waals surface area contributed by atoms with Crippen molar-refractivity contribution in [1.29, 1.82) is 0 Å². The molecule has 0 spiro atoms. The van der Waals surface area contributed by atoms with Gasteiger partial charge in [-0.3, -0.25) is 4.79 Å². The lowest BCUT2D eigenvalue weighted by Crippen LogP contribution is -2.31. The normalized spacial score (nSPS) is 15.0. The Labute approximate surface area is 154 Å². The van der Waals surface area contributed by atoms with Crippen LogP contribution in [0.4, 0.5) is 18.9 Å². The zero-order chi connectivity index (χ0) is 18.8. The molecule has 1 amide bonds. The van der Waals surface area contributed by atoms with Crippen molar-refractivity contribution in [1.82, 2.24) is 4.90 Å². The molecule has 1 aromatic rings. The lowest BCUT2D eigenvalue weighted by molar-refractivity contribution is -0.138. The van der Waals surface area contributed by atoms with Gasteiger partial charge in [0.05, 0.1) is 37.1 Å². The fourth-order valence-corrected chi connectivity index (χ4v) is 2.93. The van der Waals surface area contributed by atoms with Gasteiger partial charge in [0.15, 0.2) is 0 Å². The summed E-state index contributed by atoms with van der Waals surface area (Å²) < 4.78 is 43.1. The summed E-state index contributed by atoms with van der Waals surface area (Å²) in [4.78, 5) is 25.5. The number of carbonyl (C=O) groups is 2. The molecular weight excluding hydrogens is 456 g/mol. The van der Waals surface area contributed by atoms with Gasteiger partial charge in [-0.05, 0) is 40.8 Å². The number of alkyl halides is 3. The highest BCUT2D eigenvalue weighted by atomic mass is 127. The predicted octanol–water partition coefficient (Wildman–Crippen LogP) is 1.98. The third-order valence-electron chi connectivity index (χ3n) is 3.51. The first kappa shape index (κ1) is 19.5. The van der Waals surface area contributed by atoms with Crippen LogP contribution in [0.5, 0.6) is 0 Å². The van der Waals surface area contributed by atoms with E-state index in [-0.39, 0.29) is 40.2 Å². The molecule has 0 unspecified atom stereocenters. The number of hydrogen-bond acceptors (Lipinski definition) is 5. The van der Waals surface area contributed by atoms with Crippen LogP contribution in [0.2, 0.25) is 0 Å². The second-order valence-electron chi connectivity index (χ2n) is 5.11.